The zero-order chi connectivity index (χ0) is 10.7. The summed E-state index contributed by atoms with van der Waals surface area (Å²) in [5.41, 5.74) is 0.944. The fourth-order valence-corrected chi connectivity index (χ4v) is 1.36. The highest BCUT2D eigenvalue weighted by molar-refractivity contribution is 5.53. The molecule has 0 unspecified atom stereocenters. The van der Waals surface area contributed by atoms with Crippen LogP contribution in [0.3, 0.4) is 0 Å². The Morgan fingerprint density at radius 3 is 2.93 bits per heavy atom. The number of pyridine rings is 1. The van der Waals surface area contributed by atoms with Crippen LogP contribution in [0.2, 0.25) is 0 Å². The summed E-state index contributed by atoms with van der Waals surface area (Å²) in [6.45, 7) is 5.50. The summed E-state index contributed by atoms with van der Waals surface area (Å²) in [6, 6.07) is 4.27. The zero-order valence-corrected chi connectivity index (χ0v) is 9.06. The van der Waals surface area contributed by atoms with Gasteiger partial charge in [-0.2, -0.15) is 0 Å². The van der Waals surface area contributed by atoms with Crippen molar-refractivity contribution in [2.75, 3.05) is 18.5 Å². The van der Waals surface area contributed by atoms with E-state index >= 15 is 0 Å². The Kier molecular flexibility index (Phi) is 3.06. The van der Waals surface area contributed by atoms with Gasteiger partial charge in [0.25, 0.3) is 0 Å². The van der Waals surface area contributed by atoms with Crippen LogP contribution in [0.15, 0.2) is 18.3 Å². The second-order valence-corrected chi connectivity index (χ2v) is 3.90. The fraction of sp³-hybridized carbons (Fsp3) is 0.545. The highest BCUT2D eigenvalue weighted by Crippen LogP contribution is 2.23. The van der Waals surface area contributed by atoms with Crippen molar-refractivity contribution in [3.63, 3.8) is 0 Å². The molecular formula is C11H16N2O2. The van der Waals surface area contributed by atoms with Gasteiger partial charge in [0, 0.05) is 6.20 Å². The molecule has 1 aromatic heterocycles. The van der Waals surface area contributed by atoms with Gasteiger partial charge in [0.1, 0.15) is 0 Å². The third-order valence-electron chi connectivity index (χ3n) is 2.12. The fourth-order valence-electron chi connectivity index (χ4n) is 1.36. The molecule has 1 aliphatic heterocycles. The highest BCUT2D eigenvalue weighted by atomic mass is 16.5. The topological polar surface area (TPSA) is 43.4 Å². The van der Waals surface area contributed by atoms with Crippen LogP contribution < -0.4 is 10.1 Å². The number of hydrogen-bond donors (Lipinski definition) is 1. The van der Waals surface area contributed by atoms with Crippen molar-refractivity contribution in [3.8, 4) is 5.88 Å². The smallest absolute Gasteiger partial charge is 0.237 e. The highest BCUT2D eigenvalue weighted by Gasteiger charge is 2.19. The molecule has 0 aliphatic carbocycles. The Morgan fingerprint density at radius 2 is 2.33 bits per heavy atom. The molecular weight excluding hydrogens is 192 g/mol. The Morgan fingerprint density at radius 1 is 1.53 bits per heavy atom. The number of rotatable bonds is 4. The van der Waals surface area contributed by atoms with E-state index in [0.717, 1.165) is 18.9 Å². The Bertz CT molecular complexity index is 324. The Balaban J connectivity index is 2.06. The van der Waals surface area contributed by atoms with Crippen LogP contribution in [0.25, 0.3) is 0 Å². The summed E-state index contributed by atoms with van der Waals surface area (Å²) in [5.74, 6) is 0.666. The standard InChI is InChI=1S/C11H16N2O2/c1-8(2)15-11-10(4-3-5-12-11)13-9-6-14-7-9/h3-5,8-9,13H,6-7H2,1-2H3. The largest absolute Gasteiger partial charge is 0.473 e. The normalized spacial score (nSPS) is 16.2. The molecule has 1 saturated heterocycles. The van der Waals surface area contributed by atoms with E-state index in [4.69, 9.17) is 9.47 Å². The van der Waals surface area contributed by atoms with Gasteiger partial charge in [-0.05, 0) is 26.0 Å². The quantitative estimate of drug-likeness (QED) is 0.817. The molecule has 0 bridgehead atoms. The lowest BCUT2D eigenvalue weighted by atomic mass is 10.2. The van der Waals surface area contributed by atoms with Crippen molar-refractivity contribution >= 4 is 5.69 Å². The van der Waals surface area contributed by atoms with Crippen LogP contribution in [-0.4, -0.2) is 30.3 Å². The first kappa shape index (κ1) is 10.2. The molecule has 0 atom stereocenters. The maximum atomic E-state index is 5.60. The molecule has 82 valence electrons. The summed E-state index contributed by atoms with van der Waals surface area (Å²) in [4.78, 5) is 4.20. The minimum atomic E-state index is 0.137. The van der Waals surface area contributed by atoms with Gasteiger partial charge in [-0.1, -0.05) is 0 Å². The molecule has 4 heteroatoms. The summed E-state index contributed by atoms with van der Waals surface area (Å²) in [7, 11) is 0. The van der Waals surface area contributed by atoms with Crippen LogP contribution in [-0.2, 0) is 4.74 Å². The molecule has 2 rings (SSSR count). The minimum Gasteiger partial charge on any atom is -0.473 e. The van der Waals surface area contributed by atoms with Crippen molar-refractivity contribution < 1.29 is 9.47 Å². The van der Waals surface area contributed by atoms with Crippen LogP contribution >= 0.6 is 0 Å². The lowest BCUT2D eigenvalue weighted by Crippen LogP contribution is -2.40. The van der Waals surface area contributed by atoms with Gasteiger partial charge in [-0.3, -0.25) is 0 Å². The summed E-state index contributed by atoms with van der Waals surface area (Å²) >= 11 is 0. The summed E-state index contributed by atoms with van der Waals surface area (Å²) < 4.78 is 10.7. The average Bonchev–Trinajstić information content (AvgIpc) is 2.13. The van der Waals surface area contributed by atoms with Crippen molar-refractivity contribution in [1.29, 1.82) is 0 Å². The molecule has 1 fully saturated rings. The van der Waals surface area contributed by atoms with Gasteiger partial charge >= 0.3 is 0 Å². The summed E-state index contributed by atoms with van der Waals surface area (Å²) in [5, 5.41) is 3.34. The number of anilines is 1. The van der Waals surface area contributed by atoms with Crippen LogP contribution in [0.5, 0.6) is 5.88 Å². The second kappa shape index (κ2) is 4.49. The number of aromatic nitrogens is 1. The molecule has 1 N–H and O–H groups in total. The third-order valence-corrected chi connectivity index (χ3v) is 2.12. The number of ether oxygens (including phenoxy) is 2. The molecule has 0 radical (unpaired) electrons. The average molecular weight is 208 g/mol. The first-order chi connectivity index (χ1) is 7.25. The molecule has 4 nitrogen and oxygen atoms in total. The van der Waals surface area contributed by atoms with Crippen molar-refractivity contribution in [2.24, 2.45) is 0 Å². The Labute approximate surface area is 89.6 Å². The SMILES string of the molecule is CC(C)Oc1ncccc1NC1COC1. The second-order valence-electron chi connectivity index (χ2n) is 3.90. The van der Waals surface area contributed by atoms with E-state index in [-0.39, 0.29) is 6.10 Å². The number of hydrogen-bond acceptors (Lipinski definition) is 4. The Hall–Kier alpha value is -1.29. The molecule has 2 heterocycles. The predicted molar refractivity (Wildman–Crippen MR) is 58.2 cm³/mol. The molecule has 0 amide bonds. The van der Waals surface area contributed by atoms with E-state index < -0.39 is 0 Å². The third kappa shape index (κ3) is 2.59. The van der Waals surface area contributed by atoms with E-state index in [0.29, 0.717) is 11.9 Å². The van der Waals surface area contributed by atoms with Gasteiger partial charge in [0.2, 0.25) is 5.88 Å². The summed E-state index contributed by atoms with van der Waals surface area (Å²) in [6.07, 6.45) is 1.87. The number of nitrogens with one attached hydrogen (secondary N) is 1. The molecule has 15 heavy (non-hydrogen) atoms. The van der Waals surface area contributed by atoms with E-state index in [1.54, 1.807) is 6.20 Å². The zero-order valence-electron chi connectivity index (χ0n) is 9.06. The van der Waals surface area contributed by atoms with E-state index in [1.165, 1.54) is 0 Å². The van der Waals surface area contributed by atoms with Crippen LogP contribution in [0.1, 0.15) is 13.8 Å². The van der Waals surface area contributed by atoms with Crippen molar-refractivity contribution in [2.45, 2.75) is 26.0 Å². The monoisotopic (exact) mass is 208 g/mol. The maximum absolute atomic E-state index is 5.60. The molecule has 1 aromatic rings. The van der Waals surface area contributed by atoms with Gasteiger partial charge in [0.05, 0.1) is 31.0 Å². The van der Waals surface area contributed by atoms with E-state index in [9.17, 15) is 0 Å². The molecule has 1 aliphatic rings. The number of nitrogens with zero attached hydrogens (tertiary/aromatic N) is 1. The van der Waals surface area contributed by atoms with Gasteiger partial charge in [-0.25, -0.2) is 4.98 Å². The van der Waals surface area contributed by atoms with Crippen LogP contribution in [0.4, 0.5) is 5.69 Å². The lowest BCUT2D eigenvalue weighted by Gasteiger charge is -2.28. The first-order valence-corrected chi connectivity index (χ1v) is 5.21. The van der Waals surface area contributed by atoms with Crippen molar-refractivity contribution in [1.82, 2.24) is 4.98 Å². The molecule has 0 saturated carbocycles. The van der Waals surface area contributed by atoms with E-state index in [1.807, 2.05) is 26.0 Å². The maximum Gasteiger partial charge on any atom is 0.237 e. The van der Waals surface area contributed by atoms with Crippen LogP contribution in [0, 0.1) is 0 Å². The molecule has 0 spiro atoms. The van der Waals surface area contributed by atoms with Gasteiger partial charge in [0.15, 0.2) is 0 Å². The molecule has 0 aromatic carbocycles. The van der Waals surface area contributed by atoms with Crippen molar-refractivity contribution in [3.05, 3.63) is 18.3 Å². The first-order valence-electron chi connectivity index (χ1n) is 5.21. The van der Waals surface area contributed by atoms with Gasteiger partial charge in [-0.15, -0.1) is 0 Å². The minimum absolute atomic E-state index is 0.137. The predicted octanol–water partition coefficient (Wildman–Crippen LogP) is 1.68. The van der Waals surface area contributed by atoms with E-state index in [2.05, 4.69) is 10.3 Å². The lowest BCUT2D eigenvalue weighted by molar-refractivity contribution is 0.0209. The van der Waals surface area contributed by atoms with Gasteiger partial charge < -0.3 is 14.8 Å².